The molecular weight excluding hydrogens is 632 g/mol. The molecule has 0 amide bonds. The number of carbonyl (C=O) groups is 3. The Morgan fingerprint density at radius 1 is 0.460 bits per heavy atom. The summed E-state index contributed by atoms with van der Waals surface area (Å²) in [6.45, 7) is 20.6. The molecule has 292 valence electrons. The summed E-state index contributed by atoms with van der Waals surface area (Å²) >= 11 is 0. The van der Waals surface area contributed by atoms with Crippen LogP contribution in [0.1, 0.15) is 210 Å². The summed E-state index contributed by atoms with van der Waals surface area (Å²) in [6, 6.07) is 0. The number of carbonyl (C=O) groups excluding carboxylic acids is 3. The normalized spacial score (nSPS) is 20.7. The van der Waals surface area contributed by atoms with Crippen molar-refractivity contribution in [2.24, 2.45) is 0 Å². The van der Waals surface area contributed by atoms with E-state index in [-0.39, 0.29) is 24.1 Å². The monoisotopic (exact) mass is 709 g/mol. The van der Waals surface area contributed by atoms with Crippen LogP contribution in [0, 0.1) is 0 Å². The van der Waals surface area contributed by atoms with Crippen LogP contribution in [0.3, 0.4) is 0 Å². The number of rotatable bonds is 22. The first-order valence-electron chi connectivity index (χ1n) is 20.3. The van der Waals surface area contributed by atoms with E-state index in [9.17, 15) is 14.4 Å². The third-order valence-electron chi connectivity index (χ3n) is 10.5. The van der Waals surface area contributed by atoms with E-state index in [1.807, 2.05) is 65.5 Å². The lowest BCUT2D eigenvalue weighted by atomic mass is 9.80. The average molecular weight is 709 g/mol. The van der Waals surface area contributed by atoms with Crippen molar-refractivity contribution in [3.63, 3.8) is 0 Å². The second-order valence-corrected chi connectivity index (χ2v) is 17.8. The van der Waals surface area contributed by atoms with Crippen molar-refractivity contribution in [3.05, 3.63) is 0 Å². The van der Waals surface area contributed by atoms with E-state index in [1.54, 1.807) is 0 Å². The van der Waals surface area contributed by atoms with E-state index in [1.165, 1.54) is 64.2 Å². The van der Waals surface area contributed by atoms with Gasteiger partial charge in [-0.05, 0) is 68.2 Å². The molecule has 2 fully saturated rings. The highest BCUT2D eigenvalue weighted by Crippen LogP contribution is 2.42. The molecule has 0 N–H and O–H groups in total. The zero-order chi connectivity index (χ0) is 37.4. The lowest BCUT2D eigenvalue weighted by molar-refractivity contribution is -0.280. The molecule has 0 aliphatic carbocycles. The Labute approximate surface area is 306 Å². The van der Waals surface area contributed by atoms with Gasteiger partial charge in [0.25, 0.3) is 0 Å². The summed E-state index contributed by atoms with van der Waals surface area (Å²) < 4.78 is 11.9. The minimum atomic E-state index is -0.682. The second kappa shape index (κ2) is 21.0. The minimum absolute atomic E-state index is 0.202. The molecule has 0 saturated carbocycles. The SMILES string of the molecule is CCCCCCCCCCC(=O)ON1C(C)(C)CC(OC(=O)OC2CC(C)(C)N(OC(=O)CCCCCCCCCC)C(C)(C)C2)CC1(C)C. The molecule has 0 aromatic rings. The van der Waals surface area contributed by atoms with Crippen molar-refractivity contribution in [3.8, 4) is 0 Å². The summed E-state index contributed by atoms with van der Waals surface area (Å²) in [5.41, 5.74) is -2.13. The van der Waals surface area contributed by atoms with E-state index >= 15 is 0 Å². The lowest BCUT2D eigenvalue weighted by Gasteiger charge is -2.53. The van der Waals surface area contributed by atoms with Gasteiger partial charge in [0.05, 0.1) is 22.2 Å². The number of piperidine rings is 2. The Bertz CT molecular complexity index is 910. The van der Waals surface area contributed by atoms with Gasteiger partial charge in [-0.15, -0.1) is 10.1 Å². The van der Waals surface area contributed by atoms with E-state index < -0.39 is 28.3 Å². The van der Waals surface area contributed by atoms with Gasteiger partial charge in [-0.25, -0.2) is 4.79 Å². The molecule has 0 aromatic carbocycles. The highest BCUT2D eigenvalue weighted by Gasteiger charge is 2.51. The number of unbranched alkanes of at least 4 members (excludes halogenated alkanes) is 14. The van der Waals surface area contributed by atoms with Gasteiger partial charge in [-0.3, -0.25) is 9.59 Å². The Kier molecular flexibility index (Phi) is 18.6. The molecule has 2 saturated heterocycles. The molecular formula is C41H76N2O7. The van der Waals surface area contributed by atoms with Crippen LogP contribution in [-0.2, 0) is 28.7 Å². The quantitative estimate of drug-likeness (QED) is 0.0804. The van der Waals surface area contributed by atoms with Crippen LogP contribution < -0.4 is 0 Å². The predicted molar refractivity (Wildman–Crippen MR) is 200 cm³/mol. The number of hydrogen-bond donors (Lipinski definition) is 0. The van der Waals surface area contributed by atoms with Crippen molar-refractivity contribution < 1.29 is 33.5 Å². The molecule has 0 aromatic heterocycles. The first kappa shape index (κ1) is 44.3. The molecule has 2 aliphatic rings. The highest BCUT2D eigenvalue weighted by molar-refractivity contribution is 5.69. The molecule has 0 radical (unpaired) electrons. The van der Waals surface area contributed by atoms with E-state index in [0.717, 1.165) is 38.5 Å². The molecule has 0 unspecified atom stereocenters. The standard InChI is InChI=1S/C41H76N2O7/c1-11-13-15-17-19-21-23-25-27-35(44)49-42-38(3,4)29-33(30-39(42,5)6)47-37(46)48-34-31-40(7,8)43(41(9,10)32-34)50-36(45)28-26-24-22-20-18-16-14-12-2/h33-34H,11-32H2,1-10H3. The molecule has 0 bridgehead atoms. The van der Waals surface area contributed by atoms with Gasteiger partial charge in [-0.1, -0.05) is 104 Å². The van der Waals surface area contributed by atoms with Crippen LogP contribution in [0.2, 0.25) is 0 Å². The highest BCUT2D eigenvalue weighted by atomic mass is 16.7. The van der Waals surface area contributed by atoms with Crippen LogP contribution in [-0.4, -0.2) is 62.6 Å². The van der Waals surface area contributed by atoms with E-state index in [4.69, 9.17) is 19.1 Å². The zero-order valence-electron chi connectivity index (χ0n) is 34.0. The number of hydrogen-bond acceptors (Lipinski definition) is 9. The largest absolute Gasteiger partial charge is 0.508 e. The van der Waals surface area contributed by atoms with Crippen molar-refractivity contribution >= 4 is 18.1 Å². The third kappa shape index (κ3) is 15.4. The maximum atomic E-state index is 13.2. The number of ether oxygens (including phenoxy) is 2. The van der Waals surface area contributed by atoms with Crippen molar-refractivity contribution in [2.75, 3.05) is 0 Å². The van der Waals surface area contributed by atoms with E-state index in [0.29, 0.717) is 38.5 Å². The van der Waals surface area contributed by atoms with Gasteiger partial charge >= 0.3 is 18.1 Å². The van der Waals surface area contributed by atoms with Crippen molar-refractivity contribution in [1.29, 1.82) is 0 Å². The van der Waals surface area contributed by atoms with Crippen molar-refractivity contribution in [2.45, 2.75) is 245 Å². The molecule has 2 heterocycles. The summed E-state index contributed by atoms with van der Waals surface area (Å²) in [4.78, 5) is 50.8. The van der Waals surface area contributed by atoms with Crippen LogP contribution in [0.25, 0.3) is 0 Å². The topological polar surface area (TPSA) is 94.6 Å². The van der Waals surface area contributed by atoms with Gasteiger partial charge in [0, 0.05) is 38.5 Å². The molecule has 0 spiro atoms. The summed E-state index contributed by atoms with van der Waals surface area (Å²) in [5, 5.41) is 3.63. The van der Waals surface area contributed by atoms with Gasteiger partial charge in [-0.2, -0.15) is 0 Å². The van der Waals surface area contributed by atoms with Crippen LogP contribution in [0.15, 0.2) is 0 Å². The first-order valence-corrected chi connectivity index (χ1v) is 20.3. The molecule has 50 heavy (non-hydrogen) atoms. The Hall–Kier alpha value is -1.87. The molecule has 9 nitrogen and oxygen atoms in total. The zero-order valence-corrected chi connectivity index (χ0v) is 34.0. The van der Waals surface area contributed by atoms with Crippen LogP contribution >= 0.6 is 0 Å². The smallest absolute Gasteiger partial charge is 0.431 e. The molecule has 2 aliphatic heterocycles. The first-order chi connectivity index (χ1) is 23.4. The van der Waals surface area contributed by atoms with Gasteiger partial charge in [0.1, 0.15) is 12.2 Å². The second-order valence-electron chi connectivity index (χ2n) is 17.8. The molecule has 9 heteroatoms. The minimum Gasteiger partial charge on any atom is -0.431 e. The average Bonchev–Trinajstić information content (AvgIpc) is 2.98. The Morgan fingerprint density at radius 3 is 1.00 bits per heavy atom. The van der Waals surface area contributed by atoms with Gasteiger partial charge < -0.3 is 19.1 Å². The maximum absolute atomic E-state index is 13.2. The summed E-state index contributed by atoms with van der Waals surface area (Å²) in [6.07, 6.45) is 20.2. The third-order valence-corrected chi connectivity index (χ3v) is 10.5. The van der Waals surface area contributed by atoms with Gasteiger partial charge in [0.15, 0.2) is 0 Å². The summed E-state index contributed by atoms with van der Waals surface area (Å²) in [7, 11) is 0. The summed E-state index contributed by atoms with van der Waals surface area (Å²) in [5.74, 6) is -0.405. The number of nitrogens with zero attached hydrogens (tertiary/aromatic N) is 2. The fourth-order valence-corrected chi connectivity index (χ4v) is 8.41. The predicted octanol–water partition coefficient (Wildman–Crippen LogP) is 11.2. The van der Waals surface area contributed by atoms with E-state index in [2.05, 4.69) is 13.8 Å². The molecule has 2 rings (SSSR count). The maximum Gasteiger partial charge on any atom is 0.508 e. The van der Waals surface area contributed by atoms with Gasteiger partial charge in [0.2, 0.25) is 0 Å². The Balaban J connectivity index is 1.82. The lowest BCUT2D eigenvalue weighted by Crippen LogP contribution is -2.63. The van der Waals surface area contributed by atoms with Crippen molar-refractivity contribution in [1.82, 2.24) is 10.1 Å². The number of hydroxylamine groups is 4. The van der Waals surface area contributed by atoms with Crippen LogP contribution in [0.5, 0.6) is 0 Å². The molecule has 0 atom stereocenters. The fraction of sp³-hybridized carbons (Fsp3) is 0.927. The fourth-order valence-electron chi connectivity index (χ4n) is 8.41. The van der Waals surface area contributed by atoms with Crippen LogP contribution in [0.4, 0.5) is 4.79 Å². The Morgan fingerprint density at radius 2 is 0.720 bits per heavy atom.